The van der Waals surface area contributed by atoms with Gasteiger partial charge in [-0.05, 0) is 56.8 Å². The van der Waals surface area contributed by atoms with Crippen LogP contribution >= 0.6 is 0 Å². The maximum Gasteiger partial charge on any atom is 0.303 e. The van der Waals surface area contributed by atoms with Gasteiger partial charge in [-0.15, -0.1) is 11.8 Å². The molecule has 14 bridgehead atoms. The summed E-state index contributed by atoms with van der Waals surface area (Å²) in [7, 11) is 0. The molecule has 2 saturated carbocycles. The Kier molecular flexibility index (Phi) is 30.7. The van der Waals surface area contributed by atoms with E-state index in [4.69, 9.17) is 71.4 Å². The van der Waals surface area contributed by atoms with Crippen LogP contribution < -0.4 is 0 Å². The van der Waals surface area contributed by atoms with E-state index >= 15 is 0 Å². The third-order valence-corrected chi connectivity index (χ3v) is 20.6. The van der Waals surface area contributed by atoms with Crippen molar-refractivity contribution in [1.82, 2.24) is 0 Å². The van der Waals surface area contributed by atoms with Crippen LogP contribution in [0.5, 0.6) is 0 Å². The average molecular weight is 1500 g/mol. The van der Waals surface area contributed by atoms with E-state index in [-0.39, 0.29) is 24.4 Å². The Morgan fingerprint density at radius 3 is 0.942 bits per heavy atom. The molecule has 0 aromatic heterocycles. The lowest BCUT2D eigenvalue weighted by Crippen LogP contribution is -2.68. The van der Waals surface area contributed by atoms with Gasteiger partial charge < -0.3 is 189 Å². The number of rotatable bonds is 15. The van der Waals surface area contributed by atoms with Crippen molar-refractivity contribution < 1.29 is 194 Å². The Labute approximate surface area is 589 Å². The lowest BCUT2D eigenvalue weighted by atomic mass is 9.89. The Hall–Kier alpha value is -2.97. The first-order valence-electron chi connectivity index (χ1n) is 34.4. The predicted molar refractivity (Wildman–Crippen MR) is 331 cm³/mol. The molecule has 23 rings (SSSR count). The van der Waals surface area contributed by atoms with Crippen molar-refractivity contribution in [3.8, 4) is 11.8 Å². The zero-order valence-corrected chi connectivity index (χ0v) is 56.2. The lowest BCUT2D eigenvalue weighted by Gasteiger charge is -2.50. The molecule has 1 unspecified atom stereocenters. The van der Waals surface area contributed by atoms with Gasteiger partial charge in [-0.25, -0.2) is 0 Å². The largest absolute Gasteiger partial charge is 0.481 e. The Bertz CT molecular complexity index is 2380. The van der Waals surface area contributed by atoms with E-state index in [0.717, 1.165) is 25.7 Å². The number of aliphatic carboxylic acids is 1. The summed E-state index contributed by atoms with van der Waals surface area (Å²) >= 11 is 0. The molecule has 24 N–H and O–H groups in total. The number of unbranched alkanes of at least 4 members (excludes halogenated alkanes) is 1. The van der Waals surface area contributed by atoms with E-state index in [0.29, 0.717) is 24.7 Å². The zero-order chi connectivity index (χ0) is 75.2. The summed E-state index contributed by atoms with van der Waals surface area (Å²) in [6.07, 6.45) is -59.8. The molecule has 23 aliphatic rings. The summed E-state index contributed by atoms with van der Waals surface area (Å²) in [4.78, 5) is 10.6. The molecule has 39 nitrogen and oxygen atoms in total. The van der Waals surface area contributed by atoms with Crippen molar-refractivity contribution in [2.24, 2.45) is 23.7 Å². The first kappa shape index (κ1) is 84.1. The first-order valence-corrected chi connectivity index (χ1v) is 34.4. The summed E-state index contributed by atoms with van der Waals surface area (Å²) in [5.41, 5.74) is 1.41. The van der Waals surface area contributed by atoms with E-state index in [1.54, 1.807) is 6.92 Å². The molecule has 0 aromatic carbocycles. The Balaban J connectivity index is 0.000000398. The van der Waals surface area contributed by atoms with E-state index in [1.165, 1.54) is 5.57 Å². The number of allylic oxidation sites excluding steroid dienone is 2. The number of hydrogen-bond donors (Lipinski definition) is 24. The number of fused-ring (bicyclic) bond motifs is 1. The van der Waals surface area contributed by atoms with Gasteiger partial charge >= 0.3 is 5.97 Å². The van der Waals surface area contributed by atoms with Gasteiger partial charge in [-0.1, -0.05) is 30.7 Å². The summed E-state index contributed by atoms with van der Waals surface area (Å²) in [6, 6.07) is 0. The molecule has 0 spiro atoms. The highest BCUT2D eigenvalue weighted by Gasteiger charge is 2.60. The molecular weight excluding hydrogens is 1390 g/mol. The molecule has 23 fully saturated rings. The van der Waals surface area contributed by atoms with Crippen molar-refractivity contribution in [2.45, 2.75) is 286 Å². The third-order valence-electron chi connectivity index (χ3n) is 20.6. The Morgan fingerprint density at radius 2 is 0.699 bits per heavy atom. The highest BCUT2D eigenvalue weighted by Crippen LogP contribution is 2.51. The standard InChI is InChI=1S/C42H70O35.C22H32O4/c43-1-8-29-15(50)22(57)36(64-8)72-30-9(2-44)66-38(24(59)17(30)52)74-32-11(4-46)68-40(26(61)19(32)54)76-34-13(6-48)70-42(28(63)21(34)56)77-35-14(7-49)69-41(27(62)20(35)55)75-33-12(5-47)67-39(25(60)18(33)53)73-31-10(3-45)65-37(71-29)23(58)16(31)51;1-3-4-7-15(2)20(23)11-10-18-19-13-16(8-5-6-9-22(25)26)12-17(19)14-21(18)24/h8-63H,1-7H2;8,10-11,15,17-21,23-24H,5-7,9,12-14H2,1-2H3,(H,25,26)/b;11-10+,16-8+/t8-,9-,10-,11-,12-,13-,14-,15-,16-,17-,18-,19-,20-,21-,22-,23-,24-,25-,26-,27-,28-,29-,30-,31-,32-,33-,34-,35-,36-,37-,38-,39-,40-,41-,42-;15?,17-,18+,19-,20+,21+/m10/s1. The summed E-state index contributed by atoms with van der Waals surface area (Å²) in [6.45, 7) is -3.54. The van der Waals surface area contributed by atoms with Crippen molar-refractivity contribution >= 4 is 5.97 Å². The van der Waals surface area contributed by atoms with Gasteiger partial charge in [0, 0.05) is 18.8 Å². The first-order chi connectivity index (χ1) is 49.1. The normalized spacial score (nSPS) is 49.4. The highest BCUT2D eigenvalue weighted by molar-refractivity contribution is 5.66. The summed E-state index contributed by atoms with van der Waals surface area (Å²) < 4.78 is 79.5. The van der Waals surface area contributed by atoms with Crippen LogP contribution in [-0.2, 0) is 71.1 Å². The van der Waals surface area contributed by atoms with Crippen molar-refractivity contribution in [2.75, 3.05) is 46.2 Å². The molecule has 21 heterocycles. The van der Waals surface area contributed by atoms with Crippen molar-refractivity contribution in [3.63, 3.8) is 0 Å². The topological polar surface area (TPSA) is 632 Å². The molecule has 21 aliphatic heterocycles. The number of ether oxygens (including phenoxy) is 14. The third kappa shape index (κ3) is 18.7. The van der Waals surface area contributed by atoms with E-state index in [1.807, 2.05) is 19.1 Å². The second kappa shape index (κ2) is 37.6. The SMILES string of the molecule is CC#CCC(C)[C@H](O)/C=C/[C@@H]1[C@H]2C/C(=C/CCCC(=O)O)C[C@H]2C[C@H]1O.OC[C@H]1O[C@@H]2O[C@H]3[C@H](O)[C@@H](O)[C@@H](O[C@H]4[C@H](O)[C@@H](O)[C@@H](O[C@H]5[C@H](O)[C@@H](O)[C@@H](O[C@H]6[C@H](O)[C@@H](O)[C@@H](O[C@H]7[C@H](O)[C@@H](O)[C@@H](O[C@H]8[C@H](O)[C@@H](O)[C@@H](O[C@H]1[C@H](O)[C@H]2O)O[C@@H]8CO)O[C@@H]7CO)O[C@@H]6CO)O[C@@H]5CO)O[C@@H]4CO)O[C@@H]3CO. The van der Waals surface area contributed by atoms with Crippen LogP contribution in [0.3, 0.4) is 0 Å². The molecular formula is C64H102O39. The zero-order valence-electron chi connectivity index (χ0n) is 56.2. The number of carboxylic acids is 1. The fourth-order valence-corrected chi connectivity index (χ4v) is 14.7. The number of carboxylic acid groups (broad SMARTS) is 1. The smallest absolute Gasteiger partial charge is 0.303 e. The number of hydrogen-bond acceptors (Lipinski definition) is 38. The maximum atomic E-state index is 11.3. The highest BCUT2D eigenvalue weighted by atomic mass is 16.8. The predicted octanol–water partition coefficient (Wildman–Crippen LogP) is -11.7. The van der Waals surface area contributed by atoms with Gasteiger partial charge in [-0.3, -0.25) is 4.79 Å². The van der Waals surface area contributed by atoms with Gasteiger partial charge in [0.1, 0.15) is 171 Å². The van der Waals surface area contributed by atoms with Crippen molar-refractivity contribution in [1.29, 1.82) is 0 Å². The summed E-state index contributed by atoms with van der Waals surface area (Å²) in [5, 5.41) is 260. The monoisotopic (exact) mass is 1490 g/mol. The van der Waals surface area contributed by atoms with E-state index in [9.17, 15) is 122 Å². The molecule has 41 atom stereocenters. The van der Waals surface area contributed by atoms with Gasteiger partial charge in [0.2, 0.25) is 0 Å². The van der Waals surface area contributed by atoms with Crippen LogP contribution in [0.15, 0.2) is 23.8 Å². The summed E-state index contributed by atoms with van der Waals surface area (Å²) in [5.74, 6) is 6.25. The minimum Gasteiger partial charge on any atom is -0.481 e. The van der Waals surface area contributed by atoms with E-state index in [2.05, 4.69) is 17.9 Å². The molecule has 592 valence electrons. The van der Waals surface area contributed by atoms with Crippen LogP contribution in [0.1, 0.15) is 58.8 Å². The number of aliphatic hydroxyl groups is 23. The van der Waals surface area contributed by atoms with Gasteiger partial charge in [0.25, 0.3) is 0 Å². The molecule has 0 aromatic rings. The van der Waals surface area contributed by atoms with Gasteiger partial charge in [-0.2, -0.15) is 0 Å². The minimum absolute atomic E-state index is 0.0845. The van der Waals surface area contributed by atoms with E-state index < -0.39 is 273 Å². The second-order valence-corrected chi connectivity index (χ2v) is 27.5. The molecule has 39 heteroatoms. The molecule has 103 heavy (non-hydrogen) atoms. The number of aliphatic hydroxyl groups excluding tert-OH is 23. The van der Waals surface area contributed by atoms with Crippen LogP contribution in [0.25, 0.3) is 0 Å². The van der Waals surface area contributed by atoms with Crippen LogP contribution in [-0.4, -0.2) is 402 Å². The van der Waals surface area contributed by atoms with Crippen molar-refractivity contribution in [3.05, 3.63) is 23.8 Å². The Morgan fingerprint density at radius 1 is 0.427 bits per heavy atom. The van der Waals surface area contributed by atoms with Gasteiger partial charge in [0.15, 0.2) is 44.0 Å². The van der Waals surface area contributed by atoms with Crippen LogP contribution in [0.2, 0.25) is 0 Å². The minimum atomic E-state index is -2.21. The molecule has 21 saturated heterocycles. The number of carbonyl (C=O) groups is 1. The fraction of sp³-hybridized carbons (Fsp3) is 0.891. The molecule has 2 aliphatic carbocycles. The maximum absolute atomic E-state index is 11.3. The lowest BCUT2D eigenvalue weighted by molar-refractivity contribution is -0.396. The van der Waals surface area contributed by atoms with Gasteiger partial charge in [0.05, 0.1) is 58.5 Å². The molecule has 0 amide bonds. The van der Waals surface area contributed by atoms with Crippen LogP contribution in [0, 0.1) is 35.5 Å². The van der Waals surface area contributed by atoms with Crippen LogP contribution in [0.4, 0.5) is 0 Å². The molecule has 0 radical (unpaired) electrons. The quantitative estimate of drug-likeness (QED) is 0.0411. The average Bonchev–Trinajstić information content (AvgIpc) is 1.35. The second-order valence-electron chi connectivity index (χ2n) is 27.5. The fourth-order valence-electron chi connectivity index (χ4n) is 14.7.